The molecule has 198 valence electrons. The molecule has 0 saturated carbocycles. The summed E-state index contributed by atoms with van der Waals surface area (Å²) < 4.78 is 19.6. The van der Waals surface area contributed by atoms with Crippen molar-refractivity contribution >= 4 is 19.3 Å². The summed E-state index contributed by atoms with van der Waals surface area (Å²) in [6, 6.07) is 12.5. The Kier molecular flexibility index (Phi) is 9.48. The first kappa shape index (κ1) is 28.5. The van der Waals surface area contributed by atoms with Crippen molar-refractivity contribution in [1.82, 2.24) is 0 Å². The van der Waals surface area contributed by atoms with Crippen LogP contribution < -0.4 is 4.74 Å². The van der Waals surface area contributed by atoms with E-state index in [1.807, 2.05) is 24.5 Å². The van der Waals surface area contributed by atoms with Crippen LogP contribution in [0.4, 0.5) is 0 Å². The zero-order chi connectivity index (χ0) is 26.5. The molecule has 1 N–H and O–H groups in total. The van der Waals surface area contributed by atoms with Gasteiger partial charge in [-0.05, 0) is 54.1 Å². The van der Waals surface area contributed by atoms with Crippen molar-refractivity contribution in [2.45, 2.75) is 98.1 Å². The summed E-state index contributed by atoms with van der Waals surface area (Å²) in [5, 5.41) is 11.3. The fourth-order valence-corrected chi connectivity index (χ4v) is 5.35. The highest BCUT2D eigenvalue weighted by atomic mass is 28.4. The van der Waals surface area contributed by atoms with Crippen molar-refractivity contribution in [2.75, 3.05) is 6.61 Å². The highest BCUT2D eigenvalue weighted by Gasteiger charge is 2.38. The van der Waals surface area contributed by atoms with Crippen molar-refractivity contribution in [1.29, 1.82) is 0 Å². The van der Waals surface area contributed by atoms with Crippen LogP contribution >= 0.6 is 0 Å². The summed E-state index contributed by atoms with van der Waals surface area (Å²) in [6.07, 6.45) is 4.68. The molecule has 1 aromatic heterocycles. The molecule has 2 aromatic carbocycles. The predicted molar refractivity (Wildman–Crippen MR) is 152 cm³/mol. The molecule has 0 fully saturated rings. The van der Waals surface area contributed by atoms with E-state index in [0.717, 1.165) is 52.7 Å². The molecule has 1 heterocycles. The Labute approximate surface area is 219 Å². The molecule has 3 rings (SSSR count). The maximum absolute atomic E-state index is 10.2. The second-order valence-corrected chi connectivity index (χ2v) is 16.8. The van der Waals surface area contributed by atoms with E-state index in [1.165, 1.54) is 5.56 Å². The Bertz CT molecular complexity index is 1110. The normalized spacial score (nSPS) is 13.5. The van der Waals surface area contributed by atoms with Crippen molar-refractivity contribution in [3.63, 3.8) is 0 Å². The van der Waals surface area contributed by atoms with Crippen LogP contribution in [-0.4, -0.2) is 20.0 Å². The molecule has 1 atom stereocenters. The van der Waals surface area contributed by atoms with Gasteiger partial charge in [0.15, 0.2) is 8.32 Å². The largest absolute Gasteiger partial charge is 0.488 e. The summed E-state index contributed by atoms with van der Waals surface area (Å²) in [6.45, 7) is 19.0. The lowest BCUT2D eigenvalue weighted by molar-refractivity contribution is 0.255. The summed E-state index contributed by atoms with van der Waals surface area (Å²) in [5.74, 6) is 1.42. The van der Waals surface area contributed by atoms with Crippen molar-refractivity contribution < 1.29 is 18.7 Å². The minimum atomic E-state index is -2.01. The molecular formula is C31H46O4Si. The molecule has 0 radical (unpaired) electrons. The molecule has 0 aliphatic carbocycles. The first-order valence-electron chi connectivity index (χ1n) is 13.5. The molecule has 1 unspecified atom stereocenters. The molecule has 0 bridgehead atoms. The third-order valence-corrected chi connectivity index (χ3v) is 12.0. The average molecular weight is 511 g/mol. The van der Waals surface area contributed by atoms with E-state index >= 15 is 0 Å². The number of ether oxygens (including phenoxy) is 1. The molecule has 0 saturated heterocycles. The number of hydrogen-bond donors (Lipinski definition) is 1. The van der Waals surface area contributed by atoms with Gasteiger partial charge in [-0.1, -0.05) is 78.3 Å². The van der Waals surface area contributed by atoms with E-state index in [-0.39, 0.29) is 17.6 Å². The van der Waals surface area contributed by atoms with E-state index in [0.29, 0.717) is 19.1 Å². The molecule has 0 amide bonds. The van der Waals surface area contributed by atoms with Gasteiger partial charge in [0.25, 0.3) is 0 Å². The lowest BCUT2D eigenvalue weighted by Crippen LogP contribution is -2.40. The van der Waals surface area contributed by atoms with E-state index in [4.69, 9.17) is 13.6 Å². The molecule has 4 nitrogen and oxygen atoms in total. The fourth-order valence-electron chi connectivity index (χ4n) is 4.41. The minimum absolute atomic E-state index is 0.0633. The van der Waals surface area contributed by atoms with Gasteiger partial charge >= 0.3 is 0 Å². The Balaban J connectivity index is 2.16. The van der Waals surface area contributed by atoms with Crippen LogP contribution in [0, 0.1) is 5.92 Å². The monoisotopic (exact) mass is 510 g/mol. The Morgan fingerprint density at radius 2 is 1.75 bits per heavy atom. The summed E-state index contributed by atoms with van der Waals surface area (Å²) >= 11 is 0. The smallest absolute Gasteiger partial charge is 0.192 e. The molecule has 3 aromatic rings. The zero-order valence-electron chi connectivity index (χ0n) is 23.6. The van der Waals surface area contributed by atoms with E-state index in [9.17, 15) is 5.11 Å². The third-order valence-electron chi connectivity index (χ3n) is 7.55. The maximum atomic E-state index is 10.2. The van der Waals surface area contributed by atoms with E-state index in [2.05, 4.69) is 72.8 Å². The molecule has 0 aliphatic rings. The van der Waals surface area contributed by atoms with E-state index < -0.39 is 8.32 Å². The summed E-state index contributed by atoms with van der Waals surface area (Å²) in [7, 11) is -2.01. The Morgan fingerprint density at radius 1 is 1.06 bits per heavy atom. The van der Waals surface area contributed by atoms with Gasteiger partial charge < -0.3 is 18.7 Å². The lowest BCUT2D eigenvalue weighted by atomic mass is 9.91. The predicted octanol–water partition coefficient (Wildman–Crippen LogP) is 8.61. The topological polar surface area (TPSA) is 51.8 Å². The number of aliphatic hydroxyl groups excluding tert-OH is 1. The first-order chi connectivity index (χ1) is 17.0. The van der Waals surface area contributed by atoms with Crippen molar-refractivity contribution in [3.05, 3.63) is 64.9 Å². The van der Waals surface area contributed by atoms with Crippen molar-refractivity contribution in [3.8, 4) is 5.75 Å². The quantitative estimate of drug-likeness (QED) is 0.248. The molecule has 36 heavy (non-hydrogen) atoms. The van der Waals surface area contributed by atoms with Crippen LogP contribution in [0.15, 0.2) is 47.1 Å². The lowest BCUT2D eigenvalue weighted by Gasteiger charge is -2.36. The van der Waals surface area contributed by atoms with Crippen LogP contribution in [0.1, 0.15) is 82.6 Å². The second-order valence-electron chi connectivity index (χ2n) is 12.0. The highest BCUT2D eigenvalue weighted by molar-refractivity contribution is 6.74. The maximum Gasteiger partial charge on any atom is 0.192 e. The molecular weight excluding hydrogens is 464 g/mol. The van der Waals surface area contributed by atoms with Crippen LogP contribution in [0.5, 0.6) is 5.75 Å². The standard InChI is InChI=1S/C31H46O4Si/c1-9-13-24(18-32)27-20-34-30-26(27)17-25(16-22(2)3)29(33-19-23-14-11-10-12-15-23)28(30)21-35-36(7,8)31(4,5)6/h10-12,14-15,17,20,22,24,32H,9,13,16,18-19,21H2,1-8H3. The van der Waals surface area contributed by atoms with Crippen molar-refractivity contribution in [2.24, 2.45) is 5.92 Å². The zero-order valence-corrected chi connectivity index (χ0v) is 24.6. The number of furan rings is 1. The molecule has 0 spiro atoms. The van der Waals surface area contributed by atoms with Gasteiger partial charge in [0.05, 0.1) is 25.0 Å². The Hall–Kier alpha value is -2.08. The van der Waals surface area contributed by atoms with E-state index in [1.54, 1.807) is 0 Å². The van der Waals surface area contributed by atoms with Crippen LogP contribution in [0.2, 0.25) is 18.1 Å². The number of fused-ring (bicyclic) bond motifs is 1. The average Bonchev–Trinajstić information content (AvgIpc) is 3.23. The highest BCUT2D eigenvalue weighted by Crippen LogP contribution is 2.42. The van der Waals surface area contributed by atoms with Gasteiger partial charge in [-0.15, -0.1) is 0 Å². The van der Waals surface area contributed by atoms with Gasteiger partial charge in [-0.25, -0.2) is 0 Å². The number of rotatable bonds is 12. The SMILES string of the molecule is CCCC(CO)c1coc2c(CO[Si](C)(C)C(C)(C)C)c(OCc3ccccc3)c(CC(C)C)cc12. The number of benzene rings is 2. The molecule has 5 heteroatoms. The van der Waals surface area contributed by atoms with Crippen LogP contribution in [0.25, 0.3) is 11.0 Å². The third kappa shape index (κ3) is 6.61. The second kappa shape index (κ2) is 12.0. The van der Waals surface area contributed by atoms with Gasteiger partial charge in [0.1, 0.15) is 17.9 Å². The summed E-state index contributed by atoms with van der Waals surface area (Å²) in [5.41, 5.74) is 5.21. The van der Waals surface area contributed by atoms with Gasteiger partial charge in [0.2, 0.25) is 0 Å². The number of aliphatic hydroxyl groups is 1. The van der Waals surface area contributed by atoms with Gasteiger partial charge in [0, 0.05) is 16.9 Å². The number of hydrogen-bond acceptors (Lipinski definition) is 4. The Morgan fingerprint density at radius 3 is 2.33 bits per heavy atom. The fraction of sp³-hybridized carbons (Fsp3) is 0.548. The van der Waals surface area contributed by atoms with Crippen LogP contribution in [0.3, 0.4) is 0 Å². The first-order valence-corrected chi connectivity index (χ1v) is 16.4. The minimum Gasteiger partial charge on any atom is -0.488 e. The summed E-state index contributed by atoms with van der Waals surface area (Å²) in [4.78, 5) is 0. The van der Waals surface area contributed by atoms with Gasteiger partial charge in [-0.2, -0.15) is 0 Å². The molecule has 0 aliphatic heterocycles. The van der Waals surface area contributed by atoms with Crippen LogP contribution in [-0.2, 0) is 24.1 Å². The van der Waals surface area contributed by atoms with Gasteiger partial charge in [-0.3, -0.25) is 0 Å².